The maximum absolute atomic E-state index is 12.3. The SMILES string of the molecule is CC(NCc1ccoc1)C(=O)N1CCCCCC1. The van der Waals surface area contributed by atoms with Gasteiger partial charge in [-0.05, 0) is 25.8 Å². The maximum atomic E-state index is 12.3. The van der Waals surface area contributed by atoms with Gasteiger partial charge in [0, 0.05) is 25.2 Å². The third-order valence-electron chi connectivity index (χ3n) is 3.48. The lowest BCUT2D eigenvalue weighted by atomic mass is 10.2. The van der Waals surface area contributed by atoms with Crippen molar-refractivity contribution in [1.29, 1.82) is 0 Å². The smallest absolute Gasteiger partial charge is 0.239 e. The molecule has 18 heavy (non-hydrogen) atoms. The van der Waals surface area contributed by atoms with E-state index < -0.39 is 0 Å². The average Bonchev–Trinajstić information content (AvgIpc) is 2.75. The van der Waals surface area contributed by atoms with E-state index in [4.69, 9.17) is 4.42 Å². The lowest BCUT2D eigenvalue weighted by molar-refractivity contribution is -0.133. The summed E-state index contributed by atoms with van der Waals surface area (Å²) in [6.07, 6.45) is 8.13. The molecule has 1 atom stereocenters. The van der Waals surface area contributed by atoms with Crippen LogP contribution in [-0.4, -0.2) is 29.9 Å². The third kappa shape index (κ3) is 3.60. The number of hydrogen-bond donors (Lipinski definition) is 1. The van der Waals surface area contributed by atoms with Crippen LogP contribution in [0.15, 0.2) is 23.0 Å². The van der Waals surface area contributed by atoms with Crippen LogP contribution >= 0.6 is 0 Å². The van der Waals surface area contributed by atoms with Crippen LogP contribution in [0.3, 0.4) is 0 Å². The Labute approximate surface area is 108 Å². The van der Waals surface area contributed by atoms with Crippen LogP contribution in [-0.2, 0) is 11.3 Å². The molecule has 2 rings (SSSR count). The predicted octanol–water partition coefficient (Wildman–Crippen LogP) is 2.16. The summed E-state index contributed by atoms with van der Waals surface area (Å²) in [5.41, 5.74) is 1.07. The minimum absolute atomic E-state index is 0.127. The second-order valence-corrected chi connectivity index (χ2v) is 4.97. The quantitative estimate of drug-likeness (QED) is 0.890. The van der Waals surface area contributed by atoms with Crippen LogP contribution in [0, 0.1) is 0 Å². The molecule has 1 amide bonds. The fraction of sp³-hybridized carbons (Fsp3) is 0.643. The van der Waals surface area contributed by atoms with Gasteiger partial charge in [-0.1, -0.05) is 12.8 Å². The van der Waals surface area contributed by atoms with Crippen molar-refractivity contribution in [3.8, 4) is 0 Å². The van der Waals surface area contributed by atoms with Gasteiger partial charge in [-0.15, -0.1) is 0 Å². The first-order valence-electron chi connectivity index (χ1n) is 6.80. The summed E-state index contributed by atoms with van der Waals surface area (Å²) in [6.45, 7) is 4.44. The Morgan fingerprint density at radius 1 is 1.39 bits per heavy atom. The first-order chi connectivity index (χ1) is 8.77. The molecule has 1 unspecified atom stereocenters. The Morgan fingerprint density at radius 2 is 2.11 bits per heavy atom. The highest BCUT2D eigenvalue weighted by Gasteiger charge is 2.20. The highest BCUT2D eigenvalue weighted by atomic mass is 16.3. The van der Waals surface area contributed by atoms with Gasteiger partial charge in [-0.3, -0.25) is 4.79 Å². The van der Waals surface area contributed by atoms with E-state index >= 15 is 0 Å². The topological polar surface area (TPSA) is 45.5 Å². The molecule has 4 heteroatoms. The first-order valence-corrected chi connectivity index (χ1v) is 6.80. The van der Waals surface area contributed by atoms with Gasteiger partial charge < -0.3 is 14.6 Å². The zero-order chi connectivity index (χ0) is 12.8. The van der Waals surface area contributed by atoms with E-state index in [1.54, 1.807) is 12.5 Å². The van der Waals surface area contributed by atoms with E-state index in [9.17, 15) is 4.79 Å². The summed E-state index contributed by atoms with van der Waals surface area (Å²) < 4.78 is 5.00. The molecule has 1 saturated heterocycles. The fourth-order valence-corrected chi connectivity index (χ4v) is 2.32. The van der Waals surface area contributed by atoms with Gasteiger partial charge in [0.1, 0.15) is 0 Å². The van der Waals surface area contributed by atoms with Crippen LogP contribution in [0.2, 0.25) is 0 Å². The number of nitrogens with one attached hydrogen (secondary N) is 1. The van der Waals surface area contributed by atoms with Crippen LogP contribution in [0.5, 0.6) is 0 Å². The van der Waals surface area contributed by atoms with Crippen molar-refractivity contribution in [1.82, 2.24) is 10.2 Å². The molecule has 0 aliphatic carbocycles. The highest BCUT2D eigenvalue weighted by Crippen LogP contribution is 2.11. The zero-order valence-electron chi connectivity index (χ0n) is 11.0. The van der Waals surface area contributed by atoms with E-state index in [0.29, 0.717) is 6.54 Å². The third-order valence-corrected chi connectivity index (χ3v) is 3.48. The number of likely N-dealkylation sites (tertiary alicyclic amines) is 1. The maximum Gasteiger partial charge on any atom is 0.239 e. The Morgan fingerprint density at radius 3 is 2.72 bits per heavy atom. The van der Waals surface area contributed by atoms with Crippen molar-refractivity contribution in [2.75, 3.05) is 13.1 Å². The Kier molecular flexibility index (Phi) is 4.81. The summed E-state index contributed by atoms with van der Waals surface area (Å²) >= 11 is 0. The number of hydrogen-bond acceptors (Lipinski definition) is 3. The summed E-state index contributed by atoms with van der Waals surface area (Å²) in [7, 11) is 0. The van der Waals surface area contributed by atoms with Gasteiger partial charge in [-0.2, -0.15) is 0 Å². The van der Waals surface area contributed by atoms with Crippen molar-refractivity contribution in [2.24, 2.45) is 0 Å². The van der Waals surface area contributed by atoms with Crippen molar-refractivity contribution < 1.29 is 9.21 Å². The van der Waals surface area contributed by atoms with E-state index in [1.807, 2.05) is 17.9 Å². The first kappa shape index (κ1) is 13.1. The van der Waals surface area contributed by atoms with E-state index in [0.717, 1.165) is 31.5 Å². The number of carbonyl (C=O) groups excluding carboxylic acids is 1. The lowest BCUT2D eigenvalue weighted by Gasteiger charge is -2.24. The largest absolute Gasteiger partial charge is 0.472 e. The zero-order valence-corrected chi connectivity index (χ0v) is 11.0. The molecule has 1 aromatic heterocycles. The molecular formula is C14H22N2O2. The normalized spacial score (nSPS) is 18.4. The van der Waals surface area contributed by atoms with Crippen molar-refractivity contribution in [3.05, 3.63) is 24.2 Å². The molecule has 0 aromatic carbocycles. The molecule has 1 aliphatic rings. The number of amides is 1. The van der Waals surface area contributed by atoms with Crippen LogP contribution < -0.4 is 5.32 Å². The Bertz CT molecular complexity index is 354. The lowest BCUT2D eigenvalue weighted by Crippen LogP contribution is -2.44. The summed E-state index contributed by atoms with van der Waals surface area (Å²) in [5, 5.41) is 3.25. The molecule has 0 bridgehead atoms. The number of rotatable bonds is 4. The number of carbonyl (C=O) groups is 1. The Hall–Kier alpha value is -1.29. The summed E-state index contributed by atoms with van der Waals surface area (Å²) in [6, 6.07) is 1.79. The molecule has 0 spiro atoms. The molecule has 0 saturated carbocycles. The number of nitrogens with zero attached hydrogens (tertiary/aromatic N) is 1. The molecule has 4 nitrogen and oxygen atoms in total. The van der Waals surface area contributed by atoms with Gasteiger partial charge in [0.25, 0.3) is 0 Å². The van der Waals surface area contributed by atoms with Gasteiger partial charge in [0.05, 0.1) is 18.6 Å². The standard InChI is InChI=1S/C14H22N2O2/c1-12(15-10-13-6-9-18-11-13)14(17)16-7-4-2-3-5-8-16/h6,9,11-12,15H,2-5,7-8,10H2,1H3. The van der Waals surface area contributed by atoms with Gasteiger partial charge in [0.2, 0.25) is 5.91 Å². The molecule has 1 N–H and O–H groups in total. The van der Waals surface area contributed by atoms with Crippen LogP contribution in [0.25, 0.3) is 0 Å². The minimum Gasteiger partial charge on any atom is -0.472 e. The average molecular weight is 250 g/mol. The molecule has 0 radical (unpaired) electrons. The second kappa shape index (κ2) is 6.59. The van der Waals surface area contributed by atoms with Crippen molar-refractivity contribution >= 4 is 5.91 Å². The van der Waals surface area contributed by atoms with E-state index in [1.165, 1.54) is 12.8 Å². The monoisotopic (exact) mass is 250 g/mol. The fourth-order valence-electron chi connectivity index (χ4n) is 2.32. The second-order valence-electron chi connectivity index (χ2n) is 4.97. The van der Waals surface area contributed by atoms with Crippen molar-refractivity contribution in [2.45, 2.75) is 45.2 Å². The van der Waals surface area contributed by atoms with Crippen molar-refractivity contribution in [3.63, 3.8) is 0 Å². The van der Waals surface area contributed by atoms with E-state index in [2.05, 4.69) is 5.32 Å². The molecular weight excluding hydrogens is 228 g/mol. The molecule has 100 valence electrons. The number of furan rings is 1. The van der Waals surface area contributed by atoms with Crippen LogP contribution in [0.4, 0.5) is 0 Å². The molecule has 1 aromatic rings. The summed E-state index contributed by atoms with van der Waals surface area (Å²) in [4.78, 5) is 14.3. The van der Waals surface area contributed by atoms with Gasteiger partial charge in [-0.25, -0.2) is 0 Å². The minimum atomic E-state index is -0.127. The van der Waals surface area contributed by atoms with Gasteiger partial charge >= 0.3 is 0 Å². The summed E-state index contributed by atoms with van der Waals surface area (Å²) in [5.74, 6) is 0.223. The predicted molar refractivity (Wildman–Crippen MR) is 70.1 cm³/mol. The van der Waals surface area contributed by atoms with Crippen LogP contribution in [0.1, 0.15) is 38.2 Å². The Balaban J connectivity index is 1.79. The highest BCUT2D eigenvalue weighted by molar-refractivity contribution is 5.81. The molecule has 1 aliphatic heterocycles. The van der Waals surface area contributed by atoms with E-state index in [-0.39, 0.29) is 11.9 Å². The molecule has 2 heterocycles. The molecule has 1 fully saturated rings. The van der Waals surface area contributed by atoms with Gasteiger partial charge in [0.15, 0.2) is 0 Å².